The van der Waals surface area contributed by atoms with E-state index in [0.717, 1.165) is 55.9 Å². The molecule has 2 aromatic heterocycles. The predicted molar refractivity (Wildman–Crippen MR) is 114 cm³/mol. The molecule has 5 rings (SSSR count). The Kier molecular flexibility index (Phi) is 5.35. The van der Waals surface area contributed by atoms with Crippen LogP contribution < -0.4 is 0 Å². The minimum absolute atomic E-state index is 0.141. The predicted octanol–water partition coefficient (Wildman–Crippen LogP) is 3.61. The summed E-state index contributed by atoms with van der Waals surface area (Å²) in [7, 11) is 0. The highest BCUT2D eigenvalue weighted by Crippen LogP contribution is 2.33. The molecule has 7 nitrogen and oxygen atoms in total. The molecule has 2 aliphatic heterocycles. The lowest BCUT2D eigenvalue weighted by molar-refractivity contribution is -0.137. The van der Waals surface area contributed by atoms with E-state index in [-0.39, 0.29) is 11.9 Å². The zero-order valence-corrected chi connectivity index (χ0v) is 17.9. The van der Waals surface area contributed by atoms with Gasteiger partial charge in [-0.1, -0.05) is 24.3 Å². The maximum Gasteiger partial charge on any atom is 0.259 e. The van der Waals surface area contributed by atoms with Crippen LogP contribution in [0.15, 0.2) is 34.2 Å². The number of carbonyl (C=O) groups excluding carboxylic acids is 1. The molecule has 4 heterocycles. The van der Waals surface area contributed by atoms with Gasteiger partial charge in [0.25, 0.3) is 5.89 Å². The van der Waals surface area contributed by atoms with E-state index in [1.807, 2.05) is 11.8 Å². The number of hydrogen-bond acceptors (Lipinski definition) is 7. The molecule has 1 fully saturated rings. The number of aromatic nitrogens is 3. The Hall–Kier alpha value is -2.58. The molecule has 0 spiro atoms. The maximum absolute atomic E-state index is 13.2. The number of piperidine rings is 1. The van der Waals surface area contributed by atoms with Crippen LogP contribution in [0.1, 0.15) is 48.0 Å². The summed E-state index contributed by atoms with van der Waals surface area (Å²) in [5.41, 5.74) is 5.39. The molecular weight excluding hydrogens is 398 g/mol. The maximum atomic E-state index is 13.2. The number of hydrogen-bond donors (Lipinski definition) is 0. The van der Waals surface area contributed by atoms with Crippen LogP contribution in [0.5, 0.6) is 0 Å². The Morgan fingerprint density at radius 1 is 1.20 bits per heavy atom. The SMILES string of the molecule is Cc1ncsc1-c1nnc(C2CCCCN2C(=O)CN2CCc3ccccc3C2)o1. The van der Waals surface area contributed by atoms with E-state index in [2.05, 4.69) is 44.3 Å². The molecule has 0 N–H and O–H groups in total. The van der Waals surface area contributed by atoms with Crippen LogP contribution in [0.4, 0.5) is 0 Å². The fourth-order valence-corrected chi connectivity index (χ4v) is 5.15. The molecule has 0 bridgehead atoms. The Morgan fingerprint density at radius 2 is 2.07 bits per heavy atom. The van der Waals surface area contributed by atoms with Crippen molar-refractivity contribution in [2.24, 2.45) is 0 Å². The van der Waals surface area contributed by atoms with Gasteiger partial charge in [0.2, 0.25) is 11.8 Å². The van der Waals surface area contributed by atoms with Crippen molar-refractivity contribution in [3.8, 4) is 10.8 Å². The normalized spacial score (nSPS) is 19.6. The molecular formula is C22H25N5O2S. The molecule has 30 heavy (non-hydrogen) atoms. The van der Waals surface area contributed by atoms with E-state index >= 15 is 0 Å². The highest BCUT2D eigenvalue weighted by molar-refractivity contribution is 7.13. The van der Waals surface area contributed by atoms with Crippen molar-refractivity contribution >= 4 is 17.2 Å². The van der Waals surface area contributed by atoms with Crippen molar-refractivity contribution in [2.45, 2.75) is 45.2 Å². The van der Waals surface area contributed by atoms with Gasteiger partial charge in [-0.3, -0.25) is 9.69 Å². The van der Waals surface area contributed by atoms with E-state index < -0.39 is 0 Å². The highest BCUT2D eigenvalue weighted by Gasteiger charge is 2.33. The Labute approximate surface area is 179 Å². The van der Waals surface area contributed by atoms with Crippen LogP contribution >= 0.6 is 11.3 Å². The van der Waals surface area contributed by atoms with Crippen molar-refractivity contribution in [3.63, 3.8) is 0 Å². The second-order valence-electron chi connectivity index (χ2n) is 8.04. The minimum atomic E-state index is -0.141. The fraction of sp³-hybridized carbons (Fsp3) is 0.455. The lowest BCUT2D eigenvalue weighted by Gasteiger charge is -2.36. The van der Waals surface area contributed by atoms with Gasteiger partial charge in [0, 0.05) is 19.6 Å². The van der Waals surface area contributed by atoms with Gasteiger partial charge in [0.1, 0.15) is 10.9 Å². The summed E-state index contributed by atoms with van der Waals surface area (Å²) in [5.74, 6) is 1.18. The molecule has 8 heteroatoms. The molecule has 0 saturated carbocycles. The fourth-order valence-electron chi connectivity index (χ4n) is 4.43. The van der Waals surface area contributed by atoms with E-state index in [1.54, 1.807) is 5.51 Å². The molecule has 156 valence electrons. The van der Waals surface area contributed by atoms with E-state index in [0.29, 0.717) is 18.3 Å². The van der Waals surface area contributed by atoms with Crippen LogP contribution in [-0.4, -0.2) is 50.5 Å². The first-order chi connectivity index (χ1) is 14.7. The van der Waals surface area contributed by atoms with Gasteiger partial charge in [-0.25, -0.2) is 4.98 Å². The van der Waals surface area contributed by atoms with E-state index in [9.17, 15) is 4.79 Å². The number of aryl methyl sites for hydroxylation is 1. The Balaban J connectivity index is 1.30. The molecule has 1 unspecified atom stereocenters. The van der Waals surface area contributed by atoms with Crippen molar-refractivity contribution in [2.75, 3.05) is 19.6 Å². The summed E-state index contributed by atoms with van der Waals surface area (Å²) in [6.45, 7) is 4.85. The first-order valence-electron chi connectivity index (χ1n) is 10.5. The van der Waals surface area contributed by atoms with Crippen molar-refractivity contribution < 1.29 is 9.21 Å². The van der Waals surface area contributed by atoms with Gasteiger partial charge in [-0.05, 0) is 43.7 Å². The zero-order chi connectivity index (χ0) is 20.5. The molecule has 1 saturated heterocycles. The number of fused-ring (bicyclic) bond motifs is 1. The molecule has 0 aliphatic carbocycles. The molecule has 3 aromatic rings. The number of carbonyl (C=O) groups is 1. The summed E-state index contributed by atoms with van der Waals surface area (Å²) in [6.07, 6.45) is 3.93. The summed E-state index contributed by atoms with van der Waals surface area (Å²) >= 11 is 1.49. The van der Waals surface area contributed by atoms with E-state index in [4.69, 9.17) is 4.42 Å². The third-order valence-corrected chi connectivity index (χ3v) is 6.97. The van der Waals surface area contributed by atoms with E-state index in [1.165, 1.54) is 22.5 Å². The minimum Gasteiger partial charge on any atom is -0.418 e. The quantitative estimate of drug-likeness (QED) is 0.638. The molecule has 1 aromatic carbocycles. The lowest BCUT2D eigenvalue weighted by atomic mass is 9.99. The van der Waals surface area contributed by atoms with Gasteiger partial charge in [0.05, 0.1) is 17.7 Å². The summed E-state index contributed by atoms with van der Waals surface area (Å²) < 4.78 is 6.01. The average Bonchev–Trinajstić information content (AvgIpc) is 3.42. The largest absolute Gasteiger partial charge is 0.418 e. The second kappa shape index (κ2) is 8.28. The summed E-state index contributed by atoms with van der Waals surface area (Å²) in [5, 5.41) is 8.54. The number of rotatable bonds is 4. The molecule has 2 aliphatic rings. The van der Waals surface area contributed by atoms with Crippen molar-refractivity contribution in [3.05, 3.63) is 52.5 Å². The van der Waals surface area contributed by atoms with Crippen LogP contribution in [0.3, 0.4) is 0 Å². The topological polar surface area (TPSA) is 75.4 Å². The number of benzene rings is 1. The first-order valence-corrected chi connectivity index (χ1v) is 11.4. The summed E-state index contributed by atoms with van der Waals surface area (Å²) in [4.78, 5) is 22.6. The van der Waals surface area contributed by atoms with Gasteiger partial charge in [-0.2, -0.15) is 0 Å². The van der Waals surface area contributed by atoms with Gasteiger partial charge >= 0.3 is 0 Å². The number of amides is 1. The molecule has 0 radical (unpaired) electrons. The second-order valence-corrected chi connectivity index (χ2v) is 8.90. The van der Waals surface area contributed by atoms with Crippen LogP contribution in [-0.2, 0) is 17.8 Å². The lowest BCUT2D eigenvalue weighted by Crippen LogP contribution is -2.45. The standard InChI is InChI=1S/C22H25N5O2S/c1-15-20(30-14-23-15)22-25-24-21(29-22)18-8-4-5-10-27(18)19(28)13-26-11-9-16-6-2-3-7-17(16)12-26/h2-3,6-7,14,18H,4-5,8-13H2,1H3. The number of thiazole rings is 1. The monoisotopic (exact) mass is 423 g/mol. The van der Waals surface area contributed by atoms with Gasteiger partial charge < -0.3 is 9.32 Å². The van der Waals surface area contributed by atoms with Crippen LogP contribution in [0.2, 0.25) is 0 Å². The summed E-state index contributed by atoms with van der Waals surface area (Å²) in [6, 6.07) is 8.37. The highest BCUT2D eigenvalue weighted by atomic mass is 32.1. The number of nitrogens with zero attached hydrogens (tertiary/aromatic N) is 5. The third kappa shape index (κ3) is 3.77. The van der Waals surface area contributed by atoms with Crippen LogP contribution in [0.25, 0.3) is 10.8 Å². The smallest absolute Gasteiger partial charge is 0.259 e. The Morgan fingerprint density at radius 3 is 2.90 bits per heavy atom. The van der Waals surface area contributed by atoms with Gasteiger partial charge in [0.15, 0.2) is 0 Å². The molecule has 1 atom stereocenters. The Bertz CT molecular complexity index is 1050. The van der Waals surface area contributed by atoms with Gasteiger partial charge in [-0.15, -0.1) is 21.5 Å². The number of likely N-dealkylation sites (tertiary alicyclic amines) is 1. The van der Waals surface area contributed by atoms with Crippen LogP contribution in [0, 0.1) is 6.92 Å². The zero-order valence-electron chi connectivity index (χ0n) is 17.1. The van der Waals surface area contributed by atoms with Crippen molar-refractivity contribution in [1.82, 2.24) is 25.0 Å². The molecule has 1 amide bonds. The first kappa shape index (κ1) is 19.4. The third-order valence-electron chi connectivity index (χ3n) is 6.06. The van der Waals surface area contributed by atoms with Crippen molar-refractivity contribution in [1.29, 1.82) is 0 Å². The average molecular weight is 424 g/mol.